The van der Waals surface area contributed by atoms with E-state index in [0.29, 0.717) is 5.56 Å². The van der Waals surface area contributed by atoms with Gasteiger partial charge in [-0.3, -0.25) is 4.98 Å². The topological polar surface area (TPSA) is 12.9 Å². The molecule has 1 aromatic rings. The van der Waals surface area contributed by atoms with E-state index in [4.69, 9.17) is 27.3 Å². The molecule has 1 heterocycles. The zero-order valence-electron chi connectivity index (χ0n) is 6.51. The molecular weight excluding hydrogens is 235 g/mol. The first-order valence-electron chi connectivity index (χ1n) is 3.30. The molecule has 1 rings (SSSR count). The van der Waals surface area contributed by atoms with Gasteiger partial charge < -0.3 is 0 Å². The minimum atomic E-state index is -1.35. The third-order valence-electron chi connectivity index (χ3n) is 1.47. The van der Waals surface area contributed by atoms with Crippen molar-refractivity contribution in [2.45, 2.75) is 11.6 Å². The highest BCUT2D eigenvalue weighted by atomic mass is 79.9. The number of aromatic nitrogens is 1. The van der Waals surface area contributed by atoms with Crippen LogP contribution in [0.3, 0.4) is 0 Å². The molecule has 12 heavy (non-hydrogen) atoms. The molecule has 0 bridgehead atoms. The van der Waals surface area contributed by atoms with Crippen LogP contribution in [0.5, 0.6) is 0 Å². The van der Waals surface area contributed by atoms with Crippen LogP contribution in [0.2, 0.25) is 0 Å². The van der Waals surface area contributed by atoms with Crippen LogP contribution in [-0.2, 0) is 4.67 Å². The first-order chi connectivity index (χ1) is 5.41. The standard InChI is InChI=1S/C7H5B2BrClN/c1-4-6(7(8,9)11)2-5(10)3-12-4/h2-3H,1H3. The van der Waals surface area contributed by atoms with Crippen LogP contribution in [0.4, 0.5) is 0 Å². The predicted molar refractivity (Wildman–Crippen MR) is 55.7 cm³/mol. The minimum Gasteiger partial charge on any atom is -0.260 e. The van der Waals surface area contributed by atoms with Gasteiger partial charge in [-0.2, -0.15) is 0 Å². The molecule has 1 aromatic heterocycles. The number of halogens is 2. The lowest BCUT2D eigenvalue weighted by Crippen LogP contribution is -2.20. The molecule has 0 amide bonds. The highest BCUT2D eigenvalue weighted by molar-refractivity contribution is 9.10. The van der Waals surface area contributed by atoms with Crippen molar-refractivity contribution in [1.82, 2.24) is 4.98 Å². The van der Waals surface area contributed by atoms with Gasteiger partial charge in [0.15, 0.2) is 0 Å². The van der Waals surface area contributed by atoms with Crippen molar-refractivity contribution in [3.05, 3.63) is 28.0 Å². The summed E-state index contributed by atoms with van der Waals surface area (Å²) in [7, 11) is 11.0. The first kappa shape index (κ1) is 10.1. The Kier molecular flexibility index (Phi) is 2.89. The number of nitrogens with zero attached hydrogens (tertiary/aromatic N) is 1. The van der Waals surface area contributed by atoms with Crippen molar-refractivity contribution < 1.29 is 0 Å². The Morgan fingerprint density at radius 1 is 1.58 bits per heavy atom. The molecule has 0 spiro atoms. The highest BCUT2D eigenvalue weighted by Crippen LogP contribution is 2.25. The van der Waals surface area contributed by atoms with E-state index < -0.39 is 4.67 Å². The van der Waals surface area contributed by atoms with Gasteiger partial charge in [0.1, 0.15) is 0 Å². The van der Waals surface area contributed by atoms with Gasteiger partial charge in [-0.05, 0) is 39.2 Å². The van der Waals surface area contributed by atoms with Crippen molar-refractivity contribution >= 4 is 43.2 Å². The molecular formula is C7H5B2BrClN. The molecule has 0 aliphatic rings. The van der Waals surface area contributed by atoms with Gasteiger partial charge in [0, 0.05) is 16.4 Å². The monoisotopic (exact) mass is 239 g/mol. The second-order valence-electron chi connectivity index (χ2n) is 2.55. The normalized spacial score (nSPS) is 11.6. The summed E-state index contributed by atoms with van der Waals surface area (Å²) < 4.78 is -0.537. The average molecular weight is 240 g/mol. The number of alkyl halides is 1. The van der Waals surface area contributed by atoms with Crippen LogP contribution in [0.15, 0.2) is 16.7 Å². The molecule has 0 aliphatic heterocycles. The van der Waals surface area contributed by atoms with Gasteiger partial charge in [0.25, 0.3) is 0 Å². The predicted octanol–water partition coefficient (Wildman–Crippen LogP) is 1.84. The summed E-state index contributed by atoms with van der Waals surface area (Å²) in [4.78, 5) is 4.05. The fraction of sp³-hybridized carbons (Fsp3) is 0.286. The summed E-state index contributed by atoms with van der Waals surface area (Å²) >= 11 is 8.99. The Balaban J connectivity index is 3.23. The number of hydrogen-bond donors (Lipinski definition) is 0. The Hall–Kier alpha value is 0.0499. The summed E-state index contributed by atoms with van der Waals surface area (Å²) in [5.74, 6) is 0. The van der Waals surface area contributed by atoms with Crippen molar-refractivity contribution in [2.75, 3.05) is 0 Å². The fourth-order valence-electron chi connectivity index (χ4n) is 0.896. The van der Waals surface area contributed by atoms with E-state index >= 15 is 0 Å². The lowest BCUT2D eigenvalue weighted by molar-refractivity contribution is 1.08. The molecule has 0 fully saturated rings. The molecule has 58 valence electrons. The second-order valence-corrected chi connectivity index (χ2v) is 4.10. The Labute approximate surface area is 87.9 Å². The van der Waals surface area contributed by atoms with E-state index in [9.17, 15) is 0 Å². The van der Waals surface area contributed by atoms with Crippen LogP contribution in [0.25, 0.3) is 0 Å². The molecule has 0 unspecified atom stereocenters. The molecule has 4 radical (unpaired) electrons. The van der Waals surface area contributed by atoms with E-state index in [2.05, 4.69) is 20.9 Å². The molecule has 0 aliphatic carbocycles. The summed E-state index contributed by atoms with van der Waals surface area (Å²) in [6, 6.07) is 1.76. The van der Waals surface area contributed by atoms with E-state index in [1.807, 2.05) is 0 Å². The van der Waals surface area contributed by atoms with Gasteiger partial charge >= 0.3 is 0 Å². The molecule has 1 nitrogen and oxygen atoms in total. The first-order valence-corrected chi connectivity index (χ1v) is 4.47. The number of hydrogen-bond acceptors (Lipinski definition) is 1. The molecule has 0 N–H and O–H groups in total. The number of aryl methyl sites for hydroxylation is 1. The van der Waals surface area contributed by atoms with Gasteiger partial charge in [-0.25, -0.2) is 0 Å². The maximum absolute atomic E-state index is 5.73. The zero-order valence-corrected chi connectivity index (χ0v) is 8.85. The Bertz CT molecular complexity index is 298. The molecule has 5 heteroatoms. The molecule has 0 aromatic carbocycles. The lowest BCUT2D eigenvalue weighted by Gasteiger charge is -2.19. The number of rotatable bonds is 1. The zero-order chi connectivity index (χ0) is 9.35. The number of pyridine rings is 1. The van der Waals surface area contributed by atoms with Crippen LogP contribution in [0, 0.1) is 6.92 Å². The van der Waals surface area contributed by atoms with E-state index in [1.54, 1.807) is 19.2 Å². The van der Waals surface area contributed by atoms with Crippen LogP contribution >= 0.6 is 27.5 Å². The SMILES string of the molecule is [B]C([B])(Cl)c1cc(Br)cnc1C. The summed E-state index contributed by atoms with van der Waals surface area (Å²) in [5.41, 5.74) is 1.36. The van der Waals surface area contributed by atoms with Crippen LogP contribution < -0.4 is 0 Å². The Morgan fingerprint density at radius 2 is 2.17 bits per heavy atom. The largest absolute Gasteiger partial charge is 0.260 e. The van der Waals surface area contributed by atoms with Crippen molar-refractivity contribution in [3.63, 3.8) is 0 Å². The van der Waals surface area contributed by atoms with Crippen molar-refractivity contribution in [3.8, 4) is 0 Å². The Morgan fingerprint density at radius 3 is 2.58 bits per heavy atom. The summed E-state index contributed by atoms with van der Waals surface area (Å²) in [6.07, 6.45) is 1.67. The maximum atomic E-state index is 5.73. The summed E-state index contributed by atoms with van der Waals surface area (Å²) in [5, 5.41) is 0. The minimum absolute atomic E-state index is 0.624. The van der Waals surface area contributed by atoms with Crippen molar-refractivity contribution in [1.29, 1.82) is 0 Å². The van der Waals surface area contributed by atoms with Gasteiger partial charge in [-0.15, -0.1) is 11.6 Å². The maximum Gasteiger partial charge on any atom is 0.0896 e. The van der Waals surface area contributed by atoms with Crippen LogP contribution in [-0.4, -0.2) is 20.7 Å². The molecule has 0 saturated carbocycles. The highest BCUT2D eigenvalue weighted by Gasteiger charge is 2.18. The third kappa shape index (κ3) is 2.27. The van der Waals surface area contributed by atoms with E-state index in [1.165, 1.54) is 0 Å². The van der Waals surface area contributed by atoms with Crippen LogP contribution in [0.1, 0.15) is 11.3 Å². The van der Waals surface area contributed by atoms with Gasteiger partial charge in [0.05, 0.1) is 15.7 Å². The lowest BCUT2D eigenvalue weighted by atomic mass is 9.65. The average Bonchev–Trinajstić information content (AvgIpc) is 1.92. The van der Waals surface area contributed by atoms with Gasteiger partial charge in [0.2, 0.25) is 0 Å². The smallest absolute Gasteiger partial charge is 0.0896 e. The quantitative estimate of drug-likeness (QED) is 0.539. The fourth-order valence-corrected chi connectivity index (χ4v) is 1.42. The van der Waals surface area contributed by atoms with Gasteiger partial charge in [-0.1, -0.05) is 0 Å². The third-order valence-corrected chi connectivity index (χ3v) is 2.10. The summed E-state index contributed by atoms with van der Waals surface area (Å²) in [6.45, 7) is 1.80. The van der Waals surface area contributed by atoms with Crippen molar-refractivity contribution in [2.24, 2.45) is 0 Å². The van der Waals surface area contributed by atoms with E-state index in [0.717, 1.165) is 10.2 Å². The van der Waals surface area contributed by atoms with E-state index in [-0.39, 0.29) is 0 Å². The second kappa shape index (κ2) is 3.43. The molecule has 0 saturated heterocycles. The molecule has 0 atom stereocenters.